The Labute approximate surface area is 183 Å². The van der Waals surface area contributed by atoms with Crippen LogP contribution in [0.1, 0.15) is 30.8 Å². The summed E-state index contributed by atoms with van der Waals surface area (Å²) in [7, 11) is -2.53. The molecular formula is C20H21F2N5O4S. The lowest BCUT2D eigenvalue weighted by atomic mass is 9.92. The third-order valence-electron chi connectivity index (χ3n) is 5.15. The van der Waals surface area contributed by atoms with Crippen molar-refractivity contribution in [3.05, 3.63) is 47.2 Å². The second-order valence-corrected chi connectivity index (χ2v) is 9.80. The first-order valence-electron chi connectivity index (χ1n) is 9.64. The zero-order valence-electron chi connectivity index (χ0n) is 17.5. The van der Waals surface area contributed by atoms with Gasteiger partial charge < -0.3 is 15.2 Å². The number of benzene rings is 1. The lowest BCUT2D eigenvalue weighted by molar-refractivity contribution is 0.0968. The molecule has 2 atom stereocenters. The number of sulfonamides is 1. The van der Waals surface area contributed by atoms with Gasteiger partial charge in [0.1, 0.15) is 24.1 Å². The number of hydrogen-bond donors (Lipinski definition) is 1. The molecule has 32 heavy (non-hydrogen) atoms. The zero-order chi connectivity index (χ0) is 23.3. The van der Waals surface area contributed by atoms with Crippen LogP contribution in [-0.4, -0.2) is 54.2 Å². The highest BCUT2D eigenvalue weighted by molar-refractivity contribution is 7.89. The van der Waals surface area contributed by atoms with Crippen LogP contribution in [0.2, 0.25) is 0 Å². The quantitative estimate of drug-likeness (QED) is 0.737. The summed E-state index contributed by atoms with van der Waals surface area (Å²) in [4.78, 5) is 12.2. The molecule has 0 saturated heterocycles. The number of fused-ring (bicyclic) bond motifs is 1. The molecule has 0 fully saturated rings. The third kappa shape index (κ3) is 3.97. The molecule has 4 rings (SSSR count). The van der Waals surface area contributed by atoms with Crippen LogP contribution in [0.3, 0.4) is 0 Å². The fourth-order valence-electron chi connectivity index (χ4n) is 3.43. The van der Waals surface area contributed by atoms with Gasteiger partial charge in [0, 0.05) is 12.6 Å². The van der Waals surface area contributed by atoms with Gasteiger partial charge in [-0.15, -0.1) is 0 Å². The zero-order valence-corrected chi connectivity index (χ0v) is 18.4. The number of rotatable bonds is 3. The molecule has 2 N–H and O–H groups in total. The van der Waals surface area contributed by atoms with E-state index >= 15 is 0 Å². The van der Waals surface area contributed by atoms with Crippen molar-refractivity contribution in [3.63, 3.8) is 0 Å². The van der Waals surface area contributed by atoms with E-state index in [1.54, 1.807) is 6.92 Å². The molecule has 0 radical (unpaired) electrons. The molecule has 170 valence electrons. The number of halogens is 2. The average molecular weight is 465 g/mol. The molecular weight excluding hydrogens is 444 g/mol. The van der Waals surface area contributed by atoms with Crippen molar-refractivity contribution < 1.29 is 26.7 Å². The summed E-state index contributed by atoms with van der Waals surface area (Å²) in [5.74, 6) is -2.02. The predicted octanol–water partition coefficient (Wildman–Crippen LogP) is 2.05. The first-order valence-corrected chi connectivity index (χ1v) is 11.3. The van der Waals surface area contributed by atoms with Gasteiger partial charge in [-0.3, -0.25) is 0 Å². The minimum atomic E-state index is -3.80. The van der Waals surface area contributed by atoms with Crippen molar-refractivity contribution in [3.8, 4) is 11.6 Å². The first kappa shape index (κ1) is 21.9. The fourth-order valence-corrected chi connectivity index (χ4v) is 4.88. The fraction of sp³-hybridized carbons (Fsp3) is 0.350. The van der Waals surface area contributed by atoms with Crippen LogP contribution in [0, 0.1) is 5.82 Å². The highest BCUT2D eigenvalue weighted by Crippen LogP contribution is 2.35. The molecule has 1 aromatic heterocycles. The number of nitrogens with two attached hydrogens (primary N) is 1. The van der Waals surface area contributed by atoms with Gasteiger partial charge in [0.15, 0.2) is 17.4 Å². The van der Waals surface area contributed by atoms with Crippen LogP contribution in [-0.2, 0) is 15.6 Å². The Balaban J connectivity index is 1.71. The largest absolute Gasteiger partial charge is 0.483 e. The molecule has 2 aliphatic heterocycles. The first-order chi connectivity index (χ1) is 15.0. The number of nitrogens with zero attached hydrogens (tertiary/aromatic N) is 4. The maximum Gasteiger partial charge on any atom is 0.261 e. The van der Waals surface area contributed by atoms with Gasteiger partial charge in [-0.1, -0.05) is 6.07 Å². The number of ether oxygens (including phenoxy) is 2. The van der Waals surface area contributed by atoms with E-state index < -0.39 is 33.0 Å². The Morgan fingerprint density at radius 2 is 2.16 bits per heavy atom. The SMILES string of the molecule is C[C@H]1COc2cnc(/C(F)=C/c3ccc(F)c([C@]4(C)CS(=O)(=O)N(C)C(N)=N4)c3)nc2O1. The second kappa shape index (κ2) is 7.69. The van der Waals surface area contributed by atoms with Gasteiger partial charge >= 0.3 is 0 Å². The molecule has 0 amide bonds. The molecule has 2 aromatic rings. The Morgan fingerprint density at radius 1 is 1.41 bits per heavy atom. The summed E-state index contributed by atoms with van der Waals surface area (Å²) in [5.41, 5.74) is 4.49. The summed E-state index contributed by atoms with van der Waals surface area (Å²) in [6, 6.07) is 3.79. The maximum absolute atomic E-state index is 14.9. The summed E-state index contributed by atoms with van der Waals surface area (Å²) >= 11 is 0. The summed E-state index contributed by atoms with van der Waals surface area (Å²) in [6.07, 6.45) is 2.18. The monoisotopic (exact) mass is 465 g/mol. The van der Waals surface area contributed by atoms with Crippen LogP contribution in [0.15, 0.2) is 29.4 Å². The van der Waals surface area contributed by atoms with E-state index in [9.17, 15) is 17.2 Å². The molecule has 3 heterocycles. The van der Waals surface area contributed by atoms with E-state index in [0.717, 1.165) is 16.4 Å². The number of aliphatic imine (C=N–C) groups is 1. The molecule has 0 spiro atoms. The highest BCUT2D eigenvalue weighted by Gasteiger charge is 2.41. The van der Waals surface area contributed by atoms with E-state index in [1.165, 1.54) is 32.3 Å². The summed E-state index contributed by atoms with van der Waals surface area (Å²) in [6.45, 7) is 3.58. The average Bonchev–Trinajstić information content (AvgIpc) is 2.72. The standard InChI is InChI=1S/C20H21F2N5O4S/c1-11-9-30-16-8-24-17(25-18(16)31-11)15(22)7-12-4-5-14(21)13(6-12)20(2)10-32(28,29)27(3)19(23)26-20/h4-8,11H,9-10H2,1-3H3,(H2,23,26)/b15-7-/t11-,20-/m0/s1. The molecule has 12 heteroatoms. The van der Waals surface area contributed by atoms with Gasteiger partial charge in [0.25, 0.3) is 5.88 Å². The van der Waals surface area contributed by atoms with E-state index in [4.69, 9.17) is 15.2 Å². The van der Waals surface area contributed by atoms with Crippen molar-refractivity contribution in [2.24, 2.45) is 10.7 Å². The van der Waals surface area contributed by atoms with E-state index in [-0.39, 0.29) is 34.9 Å². The topological polar surface area (TPSA) is 120 Å². The maximum atomic E-state index is 14.9. The van der Waals surface area contributed by atoms with Gasteiger partial charge in [0.2, 0.25) is 16.0 Å². The Kier molecular flexibility index (Phi) is 5.27. The van der Waals surface area contributed by atoms with Gasteiger partial charge in [-0.2, -0.15) is 4.98 Å². The molecule has 0 saturated carbocycles. The van der Waals surface area contributed by atoms with E-state index in [1.807, 2.05) is 0 Å². The number of hydrogen-bond acceptors (Lipinski definition) is 8. The molecule has 9 nitrogen and oxygen atoms in total. The van der Waals surface area contributed by atoms with Crippen molar-refractivity contribution in [2.75, 3.05) is 19.4 Å². The van der Waals surface area contributed by atoms with Gasteiger partial charge in [-0.25, -0.2) is 31.5 Å². The summed E-state index contributed by atoms with van der Waals surface area (Å²) in [5, 5.41) is 0. The Morgan fingerprint density at radius 3 is 2.88 bits per heavy atom. The molecule has 2 aliphatic rings. The van der Waals surface area contributed by atoms with E-state index in [0.29, 0.717) is 12.4 Å². The van der Waals surface area contributed by atoms with Crippen LogP contribution < -0.4 is 15.2 Å². The third-order valence-corrected chi connectivity index (χ3v) is 7.10. The number of guanidine groups is 1. The second-order valence-electron chi connectivity index (χ2n) is 7.80. The van der Waals surface area contributed by atoms with Crippen LogP contribution >= 0.6 is 0 Å². The number of aromatic nitrogens is 2. The van der Waals surface area contributed by atoms with E-state index in [2.05, 4.69) is 15.0 Å². The van der Waals surface area contributed by atoms with Crippen LogP contribution in [0.4, 0.5) is 8.78 Å². The lowest BCUT2D eigenvalue weighted by Crippen LogP contribution is -2.50. The molecule has 0 aliphatic carbocycles. The molecule has 0 unspecified atom stereocenters. The highest BCUT2D eigenvalue weighted by atomic mass is 32.2. The van der Waals surface area contributed by atoms with Crippen LogP contribution in [0.5, 0.6) is 11.6 Å². The minimum Gasteiger partial charge on any atom is -0.483 e. The van der Waals surface area contributed by atoms with Crippen molar-refractivity contribution >= 4 is 27.9 Å². The van der Waals surface area contributed by atoms with Crippen molar-refractivity contribution in [1.29, 1.82) is 0 Å². The van der Waals surface area contributed by atoms with Gasteiger partial charge in [0.05, 0.1) is 11.9 Å². The summed E-state index contributed by atoms with van der Waals surface area (Å²) < 4.78 is 66.2. The van der Waals surface area contributed by atoms with Crippen molar-refractivity contribution in [2.45, 2.75) is 25.5 Å². The lowest BCUT2D eigenvalue weighted by Gasteiger charge is -2.34. The Hall–Kier alpha value is -3.28. The van der Waals surface area contributed by atoms with Crippen molar-refractivity contribution in [1.82, 2.24) is 14.3 Å². The molecule has 0 bridgehead atoms. The smallest absolute Gasteiger partial charge is 0.261 e. The predicted molar refractivity (Wildman–Crippen MR) is 114 cm³/mol. The Bertz CT molecular complexity index is 1250. The van der Waals surface area contributed by atoms with Crippen LogP contribution in [0.25, 0.3) is 11.9 Å². The minimum absolute atomic E-state index is 0.0319. The molecule has 1 aromatic carbocycles. The normalized spacial score (nSPS) is 24.8. The van der Waals surface area contributed by atoms with Gasteiger partial charge in [-0.05, 0) is 37.6 Å².